The van der Waals surface area contributed by atoms with Crippen LogP contribution in [0, 0.1) is 13.8 Å². The molecule has 0 atom stereocenters. The van der Waals surface area contributed by atoms with Crippen LogP contribution in [-0.2, 0) is 16.0 Å². The molecule has 2 heterocycles. The molecule has 0 N–H and O–H groups in total. The molecule has 20 heavy (non-hydrogen) atoms. The van der Waals surface area contributed by atoms with Gasteiger partial charge in [-0.15, -0.1) is 0 Å². The van der Waals surface area contributed by atoms with Crippen molar-refractivity contribution in [3.63, 3.8) is 0 Å². The van der Waals surface area contributed by atoms with Gasteiger partial charge in [0.05, 0.1) is 5.69 Å². The van der Waals surface area contributed by atoms with Crippen molar-refractivity contribution in [2.75, 3.05) is 26.2 Å². The number of amides is 2. The minimum Gasteiger partial charge on any atom is -0.361 e. The summed E-state index contributed by atoms with van der Waals surface area (Å²) in [7, 11) is 0. The lowest BCUT2D eigenvalue weighted by atomic mass is 10.1. The van der Waals surface area contributed by atoms with E-state index >= 15 is 0 Å². The van der Waals surface area contributed by atoms with Gasteiger partial charge in [-0.25, -0.2) is 0 Å². The summed E-state index contributed by atoms with van der Waals surface area (Å²) in [4.78, 5) is 27.0. The van der Waals surface area contributed by atoms with E-state index in [2.05, 4.69) is 5.16 Å². The zero-order valence-corrected chi connectivity index (χ0v) is 12.3. The fourth-order valence-corrected chi connectivity index (χ4v) is 2.52. The number of hydrogen-bond acceptors (Lipinski definition) is 4. The molecule has 2 amide bonds. The maximum atomic E-state index is 12.2. The predicted octanol–water partition coefficient (Wildman–Crippen LogP) is 0.915. The lowest BCUT2D eigenvalue weighted by molar-refractivity contribution is -0.138. The summed E-state index contributed by atoms with van der Waals surface area (Å²) in [6.45, 7) is 7.83. The second kappa shape index (κ2) is 6.07. The van der Waals surface area contributed by atoms with E-state index in [1.807, 2.05) is 18.7 Å². The van der Waals surface area contributed by atoms with E-state index in [9.17, 15) is 9.59 Å². The highest BCUT2D eigenvalue weighted by molar-refractivity contribution is 5.77. The highest BCUT2D eigenvalue weighted by Gasteiger charge is 2.22. The van der Waals surface area contributed by atoms with Gasteiger partial charge >= 0.3 is 0 Å². The molecule has 0 saturated carbocycles. The Labute approximate surface area is 118 Å². The number of aryl methyl sites for hydroxylation is 2. The van der Waals surface area contributed by atoms with E-state index in [1.165, 1.54) is 0 Å². The van der Waals surface area contributed by atoms with Gasteiger partial charge in [0, 0.05) is 45.1 Å². The lowest BCUT2D eigenvalue weighted by Crippen LogP contribution is -2.50. The van der Waals surface area contributed by atoms with Crippen molar-refractivity contribution in [2.45, 2.75) is 33.6 Å². The van der Waals surface area contributed by atoms with Gasteiger partial charge in [-0.3, -0.25) is 9.59 Å². The van der Waals surface area contributed by atoms with Gasteiger partial charge in [0.1, 0.15) is 5.76 Å². The summed E-state index contributed by atoms with van der Waals surface area (Å²) in [5.74, 6) is 0.998. The van der Waals surface area contributed by atoms with Crippen LogP contribution in [0.1, 0.15) is 30.4 Å². The Bertz CT molecular complexity index is 482. The quantitative estimate of drug-likeness (QED) is 0.825. The molecule has 1 fully saturated rings. The van der Waals surface area contributed by atoms with Crippen LogP contribution in [-0.4, -0.2) is 52.9 Å². The summed E-state index contributed by atoms with van der Waals surface area (Å²) in [5.41, 5.74) is 1.89. The van der Waals surface area contributed by atoms with Crippen LogP contribution in [0.5, 0.6) is 0 Å². The molecule has 0 bridgehead atoms. The van der Waals surface area contributed by atoms with Gasteiger partial charge in [0.15, 0.2) is 0 Å². The van der Waals surface area contributed by atoms with Crippen LogP contribution < -0.4 is 0 Å². The van der Waals surface area contributed by atoms with Crippen LogP contribution in [0.2, 0.25) is 0 Å². The molecule has 110 valence electrons. The minimum atomic E-state index is 0.0767. The molecule has 6 heteroatoms. The van der Waals surface area contributed by atoms with Crippen molar-refractivity contribution in [1.29, 1.82) is 0 Å². The number of nitrogens with zero attached hydrogens (tertiary/aromatic N) is 3. The van der Waals surface area contributed by atoms with E-state index in [0.717, 1.165) is 17.0 Å². The van der Waals surface area contributed by atoms with Crippen molar-refractivity contribution in [1.82, 2.24) is 15.0 Å². The monoisotopic (exact) mass is 279 g/mol. The van der Waals surface area contributed by atoms with E-state index in [0.29, 0.717) is 39.0 Å². The lowest BCUT2D eigenvalue weighted by Gasteiger charge is -2.34. The van der Waals surface area contributed by atoms with Crippen molar-refractivity contribution in [3.8, 4) is 0 Å². The van der Waals surface area contributed by atoms with Crippen molar-refractivity contribution < 1.29 is 14.1 Å². The first-order valence-corrected chi connectivity index (χ1v) is 6.94. The normalized spacial score (nSPS) is 15.6. The first kappa shape index (κ1) is 14.6. The predicted molar refractivity (Wildman–Crippen MR) is 73.1 cm³/mol. The summed E-state index contributed by atoms with van der Waals surface area (Å²) < 4.78 is 5.09. The first-order chi connectivity index (χ1) is 9.49. The van der Waals surface area contributed by atoms with Crippen LogP contribution in [0.25, 0.3) is 0 Å². The Kier molecular flexibility index (Phi) is 4.42. The fraction of sp³-hybridized carbons (Fsp3) is 0.643. The van der Waals surface area contributed by atoms with Gasteiger partial charge in [-0.2, -0.15) is 0 Å². The Morgan fingerprint density at radius 2 is 1.75 bits per heavy atom. The Morgan fingerprint density at radius 1 is 1.15 bits per heavy atom. The van der Waals surface area contributed by atoms with Gasteiger partial charge in [0.2, 0.25) is 11.8 Å². The number of hydrogen-bond donors (Lipinski definition) is 0. The maximum absolute atomic E-state index is 12.2. The molecule has 1 aliphatic rings. The van der Waals surface area contributed by atoms with Crippen LogP contribution in [0.3, 0.4) is 0 Å². The number of piperazine rings is 1. The third-order valence-corrected chi connectivity index (χ3v) is 3.85. The third-order valence-electron chi connectivity index (χ3n) is 3.85. The number of aromatic nitrogens is 1. The number of carbonyl (C=O) groups excluding carboxylic acids is 2. The van der Waals surface area contributed by atoms with Gasteiger partial charge in [-0.05, 0) is 20.3 Å². The number of carbonyl (C=O) groups is 2. The largest absolute Gasteiger partial charge is 0.361 e. The Hall–Kier alpha value is -1.85. The summed E-state index contributed by atoms with van der Waals surface area (Å²) in [6.07, 6.45) is 1.12. The standard InChI is InChI=1S/C14H21N3O3/c1-10-13(11(2)20-15-10)4-5-14(19)17-8-6-16(7-9-17)12(3)18/h4-9H2,1-3H3. The molecule has 0 unspecified atom stereocenters. The fourth-order valence-electron chi connectivity index (χ4n) is 2.52. The Balaban J connectivity index is 1.83. The average Bonchev–Trinajstić information content (AvgIpc) is 2.75. The van der Waals surface area contributed by atoms with Gasteiger partial charge < -0.3 is 14.3 Å². The molecular weight excluding hydrogens is 258 g/mol. The van der Waals surface area contributed by atoms with E-state index in [4.69, 9.17) is 4.52 Å². The molecule has 1 aromatic rings. The highest BCUT2D eigenvalue weighted by Crippen LogP contribution is 2.15. The molecule has 1 aromatic heterocycles. The molecule has 0 aliphatic carbocycles. The smallest absolute Gasteiger partial charge is 0.223 e. The minimum absolute atomic E-state index is 0.0767. The van der Waals surface area contributed by atoms with Gasteiger partial charge in [0.25, 0.3) is 0 Å². The molecule has 0 spiro atoms. The van der Waals surface area contributed by atoms with E-state index in [1.54, 1.807) is 11.8 Å². The molecule has 1 saturated heterocycles. The molecule has 0 aromatic carbocycles. The zero-order chi connectivity index (χ0) is 14.7. The average molecular weight is 279 g/mol. The van der Waals surface area contributed by atoms with E-state index in [-0.39, 0.29) is 11.8 Å². The van der Waals surface area contributed by atoms with Crippen LogP contribution in [0.15, 0.2) is 4.52 Å². The SMILES string of the molecule is CC(=O)N1CCN(C(=O)CCc2c(C)noc2C)CC1. The van der Waals surface area contributed by atoms with Crippen molar-refractivity contribution >= 4 is 11.8 Å². The van der Waals surface area contributed by atoms with Crippen LogP contribution in [0.4, 0.5) is 0 Å². The van der Waals surface area contributed by atoms with E-state index < -0.39 is 0 Å². The van der Waals surface area contributed by atoms with Gasteiger partial charge in [-0.1, -0.05) is 5.16 Å². The second-order valence-corrected chi connectivity index (χ2v) is 5.19. The molecular formula is C14H21N3O3. The first-order valence-electron chi connectivity index (χ1n) is 6.94. The Morgan fingerprint density at radius 3 is 2.25 bits per heavy atom. The van der Waals surface area contributed by atoms with Crippen molar-refractivity contribution in [2.24, 2.45) is 0 Å². The topological polar surface area (TPSA) is 66.7 Å². The second-order valence-electron chi connectivity index (χ2n) is 5.19. The molecule has 1 aliphatic heterocycles. The molecule has 0 radical (unpaired) electrons. The highest BCUT2D eigenvalue weighted by atomic mass is 16.5. The zero-order valence-electron chi connectivity index (χ0n) is 12.3. The summed E-state index contributed by atoms with van der Waals surface area (Å²) >= 11 is 0. The van der Waals surface area contributed by atoms with Crippen molar-refractivity contribution in [3.05, 3.63) is 17.0 Å². The summed E-state index contributed by atoms with van der Waals surface area (Å²) in [5, 5.41) is 3.89. The number of rotatable bonds is 3. The maximum Gasteiger partial charge on any atom is 0.223 e. The molecule has 2 rings (SSSR count). The third kappa shape index (κ3) is 3.18. The summed E-state index contributed by atoms with van der Waals surface area (Å²) in [6, 6.07) is 0. The molecule has 6 nitrogen and oxygen atoms in total. The van der Waals surface area contributed by atoms with Crippen LogP contribution >= 0.6 is 0 Å².